The number of thiocarbonyl (C=S) groups is 1. The first-order valence-corrected chi connectivity index (χ1v) is 5.62. The number of nitrogens with one attached hydrogen (secondary N) is 1. The second-order valence-corrected chi connectivity index (χ2v) is 4.19. The number of carbonyl (C=O) groups excluding carboxylic acids is 1. The number of amides is 1. The molecule has 1 amide bonds. The minimum atomic E-state index is -0.393. The van der Waals surface area contributed by atoms with Crippen molar-refractivity contribution in [2.75, 3.05) is 5.32 Å². The van der Waals surface area contributed by atoms with Gasteiger partial charge in [-0.05, 0) is 31.0 Å². The Hall–Kier alpha value is -1.42. The molecule has 1 unspecified atom stereocenters. The molecule has 0 saturated carbocycles. The molecule has 0 aromatic heterocycles. The fourth-order valence-corrected chi connectivity index (χ4v) is 1.74. The van der Waals surface area contributed by atoms with Gasteiger partial charge in [0.2, 0.25) is 5.91 Å². The smallest absolute Gasteiger partial charge is 0.234 e. The van der Waals surface area contributed by atoms with E-state index in [0.29, 0.717) is 6.42 Å². The van der Waals surface area contributed by atoms with Gasteiger partial charge in [-0.25, -0.2) is 0 Å². The normalized spacial score (nSPS) is 11.9. The third-order valence-electron chi connectivity index (χ3n) is 2.35. The molecule has 0 aliphatic rings. The summed E-state index contributed by atoms with van der Waals surface area (Å²) in [4.78, 5) is 12.1. The van der Waals surface area contributed by atoms with Crippen molar-refractivity contribution >= 4 is 28.8 Å². The molecular formula is C12H16N2OS. The van der Waals surface area contributed by atoms with Crippen LogP contribution in [0.2, 0.25) is 0 Å². The van der Waals surface area contributed by atoms with Crippen LogP contribution >= 0.6 is 12.2 Å². The summed E-state index contributed by atoms with van der Waals surface area (Å²) in [7, 11) is 0. The fourth-order valence-electron chi connectivity index (χ4n) is 1.47. The lowest BCUT2D eigenvalue weighted by Crippen LogP contribution is -2.32. The SMILES string of the molecule is CCC(C(=O)Nc1cccc(C)c1)C(N)=S. The van der Waals surface area contributed by atoms with Crippen LogP contribution in [0, 0.1) is 12.8 Å². The van der Waals surface area contributed by atoms with Crippen molar-refractivity contribution in [2.24, 2.45) is 11.7 Å². The quantitative estimate of drug-likeness (QED) is 0.788. The molecule has 0 aliphatic carbocycles. The highest BCUT2D eigenvalue weighted by Gasteiger charge is 2.18. The van der Waals surface area contributed by atoms with E-state index >= 15 is 0 Å². The van der Waals surface area contributed by atoms with Crippen molar-refractivity contribution in [2.45, 2.75) is 20.3 Å². The maximum Gasteiger partial charge on any atom is 0.234 e. The molecule has 0 spiro atoms. The van der Waals surface area contributed by atoms with Gasteiger partial charge in [0.1, 0.15) is 0 Å². The lowest BCUT2D eigenvalue weighted by atomic mass is 10.1. The zero-order valence-electron chi connectivity index (χ0n) is 9.49. The number of anilines is 1. The number of benzene rings is 1. The van der Waals surface area contributed by atoms with Crippen molar-refractivity contribution in [3.8, 4) is 0 Å². The zero-order chi connectivity index (χ0) is 12.1. The van der Waals surface area contributed by atoms with E-state index in [2.05, 4.69) is 5.32 Å². The van der Waals surface area contributed by atoms with Crippen LogP contribution in [0.4, 0.5) is 5.69 Å². The summed E-state index contributed by atoms with van der Waals surface area (Å²) >= 11 is 4.85. The third kappa shape index (κ3) is 3.31. The van der Waals surface area contributed by atoms with Gasteiger partial charge in [-0.1, -0.05) is 31.3 Å². The highest BCUT2D eigenvalue weighted by molar-refractivity contribution is 7.80. The van der Waals surface area contributed by atoms with Crippen LogP contribution in [-0.4, -0.2) is 10.9 Å². The first-order valence-electron chi connectivity index (χ1n) is 5.21. The Balaban J connectivity index is 2.74. The van der Waals surface area contributed by atoms with Crippen molar-refractivity contribution < 1.29 is 4.79 Å². The summed E-state index contributed by atoms with van der Waals surface area (Å²) in [5.41, 5.74) is 7.38. The number of nitrogens with two attached hydrogens (primary N) is 1. The molecule has 4 heteroatoms. The molecule has 0 radical (unpaired) electrons. The van der Waals surface area contributed by atoms with Gasteiger partial charge in [-0.2, -0.15) is 0 Å². The third-order valence-corrected chi connectivity index (χ3v) is 2.64. The molecule has 3 N–H and O–H groups in total. The average molecular weight is 236 g/mol. The number of carbonyl (C=O) groups is 1. The van der Waals surface area contributed by atoms with Crippen molar-refractivity contribution in [1.82, 2.24) is 0 Å². The van der Waals surface area contributed by atoms with Gasteiger partial charge >= 0.3 is 0 Å². The minimum Gasteiger partial charge on any atom is -0.393 e. The molecule has 0 saturated heterocycles. The number of rotatable bonds is 4. The van der Waals surface area contributed by atoms with E-state index in [-0.39, 0.29) is 10.9 Å². The van der Waals surface area contributed by atoms with Gasteiger partial charge in [0.15, 0.2) is 0 Å². The van der Waals surface area contributed by atoms with Crippen LogP contribution < -0.4 is 11.1 Å². The molecule has 3 nitrogen and oxygen atoms in total. The molecule has 0 fully saturated rings. The molecular weight excluding hydrogens is 220 g/mol. The van der Waals surface area contributed by atoms with E-state index < -0.39 is 5.92 Å². The monoisotopic (exact) mass is 236 g/mol. The molecule has 1 aromatic carbocycles. The maximum atomic E-state index is 11.8. The Morgan fingerprint density at radius 1 is 1.56 bits per heavy atom. The maximum absolute atomic E-state index is 11.8. The number of hydrogen-bond acceptors (Lipinski definition) is 2. The largest absolute Gasteiger partial charge is 0.393 e. The summed E-state index contributed by atoms with van der Waals surface area (Å²) in [5, 5.41) is 2.81. The molecule has 86 valence electrons. The van der Waals surface area contributed by atoms with Crippen LogP contribution in [0.5, 0.6) is 0 Å². The second-order valence-electron chi connectivity index (χ2n) is 3.72. The van der Waals surface area contributed by atoms with Crippen LogP contribution in [0.25, 0.3) is 0 Å². The van der Waals surface area contributed by atoms with Gasteiger partial charge in [0.25, 0.3) is 0 Å². The second kappa shape index (κ2) is 5.61. The van der Waals surface area contributed by atoms with E-state index in [1.807, 2.05) is 38.1 Å². The lowest BCUT2D eigenvalue weighted by molar-refractivity contribution is -0.118. The summed E-state index contributed by atoms with van der Waals surface area (Å²) in [6.07, 6.45) is 0.618. The Morgan fingerprint density at radius 2 is 2.25 bits per heavy atom. The first kappa shape index (κ1) is 12.6. The van der Waals surface area contributed by atoms with E-state index in [0.717, 1.165) is 11.3 Å². The predicted molar refractivity (Wildman–Crippen MR) is 70.4 cm³/mol. The van der Waals surface area contributed by atoms with Crippen molar-refractivity contribution in [3.05, 3.63) is 29.8 Å². The summed E-state index contributed by atoms with van der Waals surface area (Å²) in [6, 6.07) is 7.62. The predicted octanol–water partition coefficient (Wildman–Crippen LogP) is 2.25. The molecule has 0 heterocycles. The van der Waals surface area contributed by atoms with Crippen LogP contribution in [0.15, 0.2) is 24.3 Å². The minimum absolute atomic E-state index is 0.138. The van der Waals surface area contributed by atoms with Crippen LogP contribution in [0.1, 0.15) is 18.9 Å². The van der Waals surface area contributed by atoms with Crippen molar-refractivity contribution in [1.29, 1.82) is 0 Å². The fraction of sp³-hybridized carbons (Fsp3) is 0.333. The summed E-state index contributed by atoms with van der Waals surface area (Å²) in [6.45, 7) is 3.86. The highest BCUT2D eigenvalue weighted by atomic mass is 32.1. The molecule has 0 bridgehead atoms. The van der Waals surface area contributed by atoms with Gasteiger partial charge in [0.05, 0.1) is 10.9 Å². The van der Waals surface area contributed by atoms with Gasteiger partial charge in [-0.15, -0.1) is 0 Å². The molecule has 1 rings (SSSR count). The van der Waals surface area contributed by atoms with Gasteiger partial charge in [0, 0.05) is 5.69 Å². The van der Waals surface area contributed by atoms with Gasteiger partial charge < -0.3 is 11.1 Å². The summed E-state index contributed by atoms with van der Waals surface area (Å²) < 4.78 is 0. The first-order chi connectivity index (χ1) is 7.54. The van der Waals surface area contributed by atoms with Crippen LogP contribution in [0.3, 0.4) is 0 Å². The number of aryl methyl sites for hydroxylation is 1. The van der Waals surface area contributed by atoms with Gasteiger partial charge in [-0.3, -0.25) is 4.79 Å². The summed E-state index contributed by atoms with van der Waals surface area (Å²) in [5.74, 6) is -0.531. The highest BCUT2D eigenvalue weighted by Crippen LogP contribution is 2.12. The zero-order valence-corrected chi connectivity index (χ0v) is 10.3. The average Bonchev–Trinajstić information content (AvgIpc) is 2.17. The van der Waals surface area contributed by atoms with E-state index in [1.54, 1.807) is 0 Å². The standard InChI is InChI=1S/C12H16N2OS/c1-3-10(11(13)16)12(15)14-9-6-4-5-8(2)7-9/h4-7,10H,3H2,1-2H3,(H2,13,16)(H,14,15). The van der Waals surface area contributed by atoms with E-state index in [4.69, 9.17) is 18.0 Å². The van der Waals surface area contributed by atoms with E-state index in [9.17, 15) is 4.79 Å². The van der Waals surface area contributed by atoms with E-state index in [1.165, 1.54) is 0 Å². The van der Waals surface area contributed by atoms with Crippen LogP contribution in [-0.2, 0) is 4.79 Å². The Labute approximate surface area is 101 Å². The Morgan fingerprint density at radius 3 is 2.75 bits per heavy atom. The molecule has 1 aromatic rings. The Kier molecular flexibility index (Phi) is 4.43. The lowest BCUT2D eigenvalue weighted by Gasteiger charge is -2.13. The topological polar surface area (TPSA) is 55.1 Å². The van der Waals surface area contributed by atoms with Crippen molar-refractivity contribution in [3.63, 3.8) is 0 Å². The molecule has 1 atom stereocenters. The Bertz CT molecular complexity index is 404. The molecule has 0 aliphatic heterocycles. The number of hydrogen-bond donors (Lipinski definition) is 2. The molecule has 16 heavy (non-hydrogen) atoms.